The zero-order valence-corrected chi connectivity index (χ0v) is 12.8. The average molecular weight is 329 g/mol. The van der Waals surface area contributed by atoms with Gasteiger partial charge in [-0.1, -0.05) is 52.7 Å². The lowest BCUT2D eigenvalue weighted by Gasteiger charge is -2.36. The van der Waals surface area contributed by atoms with Crippen molar-refractivity contribution in [2.24, 2.45) is 5.92 Å². The Morgan fingerprint density at radius 1 is 1.00 bits per heavy atom. The van der Waals surface area contributed by atoms with Gasteiger partial charge in [-0.2, -0.15) is 0 Å². The van der Waals surface area contributed by atoms with Crippen LogP contribution in [0.2, 0.25) is 0 Å². The summed E-state index contributed by atoms with van der Waals surface area (Å²) >= 11 is 3.59. The van der Waals surface area contributed by atoms with Gasteiger partial charge in [0.15, 0.2) is 0 Å². The zero-order valence-electron chi connectivity index (χ0n) is 11.3. The number of hydrogen-bond donors (Lipinski definition) is 0. The molecule has 1 nitrogen and oxygen atoms in total. The van der Waals surface area contributed by atoms with Crippen molar-refractivity contribution in [1.29, 1.82) is 0 Å². The smallest absolute Gasteiger partial charge is 0.127 e. The molecule has 0 aromatic heterocycles. The van der Waals surface area contributed by atoms with E-state index in [2.05, 4.69) is 64.5 Å². The monoisotopic (exact) mass is 328 g/mol. The Balaban J connectivity index is 1.79. The molecule has 1 heterocycles. The Hall–Kier alpha value is -1.28. The van der Waals surface area contributed by atoms with Crippen molar-refractivity contribution < 1.29 is 4.74 Å². The van der Waals surface area contributed by atoms with Crippen LogP contribution in [0.25, 0.3) is 0 Å². The van der Waals surface area contributed by atoms with Gasteiger partial charge < -0.3 is 4.74 Å². The number of hydrogen-bond acceptors (Lipinski definition) is 1. The molecule has 1 aliphatic heterocycles. The average Bonchev–Trinajstić information content (AvgIpc) is 2.97. The van der Waals surface area contributed by atoms with Crippen molar-refractivity contribution >= 4 is 15.9 Å². The van der Waals surface area contributed by atoms with Gasteiger partial charge in [-0.3, -0.25) is 0 Å². The molecule has 0 radical (unpaired) electrons. The number of benzene rings is 2. The number of halogens is 1. The van der Waals surface area contributed by atoms with Gasteiger partial charge in [-0.05, 0) is 48.1 Å². The van der Waals surface area contributed by atoms with E-state index in [4.69, 9.17) is 4.74 Å². The highest BCUT2D eigenvalue weighted by Crippen LogP contribution is 2.54. The molecule has 2 heteroatoms. The summed E-state index contributed by atoms with van der Waals surface area (Å²) < 4.78 is 7.52. The predicted molar refractivity (Wildman–Crippen MR) is 84.0 cm³/mol. The molecule has 0 spiro atoms. The van der Waals surface area contributed by atoms with E-state index in [0.717, 1.165) is 10.2 Å². The van der Waals surface area contributed by atoms with Crippen LogP contribution in [0, 0.1) is 5.92 Å². The predicted octanol–water partition coefficient (Wildman–Crippen LogP) is 5.47. The first-order valence-corrected chi connectivity index (χ1v) is 8.13. The summed E-state index contributed by atoms with van der Waals surface area (Å²) in [5.41, 5.74) is 2.71. The molecule has 102 valence electrons. The van der Waals surface area contributed by atoms with E-state index in [1.165, 1.54) is 30.4 Å². The van der Waals surface area contributed by atoms with E-state index < -0.39 is 0 Å². The molecule has 2 aromatic carbocycles. The molecule has 3 atom stereocenters. The molecule has 1 aliphatic carbocycles. The molecule has 1 fully saturated rings. The van der Waals surface area contributed by atoms with Gasteiger partial charge in [0.25, 0.3) is 0 Å². The van der Waals surface area contributed by atoms with Gasteiger partial charge in [-0.15, -0.1) is 0 Å². The second-order valence-electron chi connectivity index (χ2n) is 5.83. The molecule has 1 saturated carbocycles. The van der Waals surface area contributed by atoms with Crippen molar-refractivity contribution in [2.45, 2.75) is 31.3 Å². The summed E-state index contributed by atoms with van der Waals surface area (Å²) in [7, 11) is 0. The van der Waals surface area contributed by atoms with E-state index in [-0.39, 0.29) is 6.10 Å². The summed E-state index contributed by atoms with van der Waals surface area (Å²) in [5.74, 6) is 2.35. The molecule has 0 saturated heterocycles. The van der Waals surface area contributed by atoms with Crippen LogP contribution in [0.15, 0.2) is 53.0 Å². The quantitative estimate of drug-likeness (QED) is 0.674. The zero-order chi connectivity index (χ0) is 13.5. The van der Waals surface area contributed by atoms with Crippen LogP contribution in [0.5, 0.6) is 5.75 Å². The third-order valence-electron chi connectivity index (χ3n) is 4.71. The number of ether oxygens (including phenoxy) is 1. The summed E-state index contributed by atoms with van der Waals surface area (Å²) in [6, 6.07) is 17.1. The normalized spacial score (nSPS) is 27.6. The molecular formula is C18H17BrO. The Bertz CT molecular complexity index is 623. The van der Waals surface area contributed by atoms with Gasteiger partial charge in [-0.25, -0.2) is 0 Å². The van der Waals surface area contributed by atoms with E-state index in [0.29, 0.717) is 11.8 Å². The topological polar surface area (TPSA) is 9.23 Å². The largest absolute Gasteiger partial charge is 0.485 e. The third kappa shape index (κ3) is 1.98. The van der Waals surface area contributed by atoms with Crippen molar-refractivity contribution in [3.05, 3.63) is 64.1 Å². The molecule has 0 bridgehead atoms. The first-order valence-electron chi connectivity index (χ1n) is 7.34. The SMILES string of the molecule is Brc1ccc2c(c1)[C@@H]1CCC[C@H]1[C@H](c1ccccc1)O2. The maximum absolute atomic E-state index is 6.37. The Morgan fingerprint density at radius 3 is 2.70 bits per heavy atom. The molecule has 0 unspecified atom stereocenters. The summed E-state index contributed by atoms with van der Waals surface area (Å²) in [4.78, 5) is 0. The molecule has 0 amide bonds. The summed E-state index contributed by atoms with van der Waals surface area (Å²) in [6.45, 7) is 0. The van der Waals surface area contributed by atoms with Crippen LogP contribution in [-0.2, 0) is 0 Å². The minimum absolute atomic E-state index is 0.220. The standard InChI is InChI=1S/C18H17BrO/c19-13-9-10-17-16(11-13)14-7-4-8-15(14)18(20-17)12-5-2-1-3-6-12/h1-3,5-6,9-11,14-15,18H,4,7-8H2/t14-,15-,18+/m1/s1. The number of rotatable bonds is 1. The lowest BCUT2D eigenvalue weighted by molar-refractivity contribution is 0.104. The molecular weight excluding hydrogens is 312 g/mol. The van der Waals surface area contributed by atoms with E-state index in [9.17, 15) is 0 Å². The van der Waals surface area contributed by atoms with Gasteiger partial charge in [0.2, 0.25) is 0 Å². The minimum Gasteiger partial charge on any atom is -0.485 e. The van der Waals surface area contributed by atoms with Crippen LogP contribution in [0.4, 0.5) is 0 Å². The van der Waals surface area contributed by atoms with E-state index >= 15 is 0 Å². The highest BCUT2D eigenvalue weighted by atomic mass is 79.9. The molecule has 4 rings (SSSR count). The van der Waals surface area contributed by atoms with Crippen molar-refractivity contribution in [3.8, 4) is 5.75 Å². The maximum atomic E-state index is 6.37. The van der Waals surface area contributed by atoms with E-state index in [1.807, 2.05) is 0 Å². The van der Waals surface area contributed by atoms with Crippen LogP contribution in [0.1, 0.15) is 42.4 Å². The lowest BCUT2D eigenvalue weighted by Crippen LogP contribution is -2.26. The molecule has 2 aliphatic rings. The third-order valence-corrected chi connectivity index (χ3v) is 5.20. The van der Waals surface area contributed by atoms with Crippen molar-refractivity contribution in [2.75, 3.05) is 0 Å². The fourth-order valence-corrected chi connectivity index (χ4v) is 4.21. The summed E-state index contributed by atoms with van der Waals surface area (Å²) in [6.07, 6.45) is 4.10. The Kier molecular flexibility index (Phi) is 3.07. The molecule has 2 aromatic rings. The minimum atomic E-state index is 0.220. The second kappa shape index (κ2) is 4.92. The fourth-order valence-electron chi connectivity index (χ4n) is 3.84. The number of fused-ring (bicyclic) bond motifs is 3. The van der Waals surface area contributed by atoms with Gasteiger partial charge >= 0.3 is 0 Å². The van der Waals surface area contributed by atoms with E-state index in [1.54, 1.807) is 0 Å². The molecule has 20 heavy (non-hydrogen) atoms. The second-order valence-corrected chi connectivity index (χ2v) is 6.75. The van der Waals surface area contributed by atoms with Gasteiger partial charge in [0, 0.05) is 10.4 Å². The van der Waals surface area contributed by atoms with Crippen LogP contribution in [0.3, 0.4) is 0 Å². The fraction of sp³-hybridized carbons (Fsp3) is 0.333. The first-order chi connectivity index (χ1) is 9.83. The van der Waals surface area contributed by atoms with Gasteiger partial charge in [0.1, 0.15) is 11.9 Å². The van der Waals surface area contributed by atoms with Crippen molar-refractivity contribution in [3.63, 3.8) is 0 Å². The van der Waals surface area contributed by atoms with Crippen LogP contribution in [-0.4, -0.2) is 0 Å². The first kappa shape index (κ1) is 12.5. The highest BCUT2D eigenvalue weighted by Gasteiger charge is 2.41. The van der Waals surface area contributed by atoms with Gasteiger partial charge in [0.05, 0.1) is 0 Å². The Morgan fingerprint density at radius 2 is 1.85 bits per heavy atom. The van der Waals surface area contributed by atoms with Crippen molar-refractivity contribution in [1.82, 2.24) is 0 Å². The highest BCUT2D eigenvalue weighted by molar-refractivity contribution is 9.10. The molecule has 0 N–H and O–H groups in total. The van der Waals surface area contributed by atoms with Crippen LogP contribution < -0.4 is 4.74 Å². The maximum Gasteiger partial charge on any atom is 0.127 e. The summed E-state index contributed by atoms with van der Waals surface area (Å²) in [5, 5.41) is 0. The lowest BCUT2D eigenvalue weighted by atomic mass is 9.80. The Labute approximate surface area is 128 Å². The van der Waals surface area contributed by atoms with Crippen LogP contribution >= 0.6 is 15.9 Å².